The molecule has 7 nitrogen and oxygen atoms in total. The number of imide groups is 1. The van der Waals surface area contributed by atoms with Crippen molar-refractivity contribution < 1.29 is 23.9 Å². The van der Waals surface area contributed by atoms with Gasteiger partial charge in [-0.05, 0) is 37.5 Å². The first-order chi connectivity index (χ1) is 11.9. The van der Waals surface area contributed by atoms with Crippen molar-refractivity contribution in [2.24, 2.45) is 0 Å². The molecule has 0 radical (unpaired) electrons. The molecular formula is C18H24N2O5. The quantitative estimate of drug-likeness (QED) is 0.441. The van der Waals surface area contributed by atoms with Crippen molar-refractivity contribution in [2.75, 3.05) is 19.8 Å². The molecule has 7 heteroatoms. The summed E-state index contributed by atoms with van der Waals surface area (Å²) in [7, 11) is 0. The summed E-state index contributed by atoms with van der Waals surface area (Å²) in [4.78, 5) is 37.2. The molecule has 1 aromatic rings. The van der Waals surface area contributed by atoms with Crippen LogP contribution in [0.3, 0.4) is 0 Å². The van der Waals surface area contributed by atoms with Crippen LogP contribution >= 0.6 is 0 Å². The molecule has 0 spiro atoms. The molecule has 1 fully saturated rings. The highest BCUT2D eigenvalue weighted by molar-refractivity contribution is 6.08. The molecule has 1 N–H and O–H groups in total. The number of esters is 1. The molecule has 0 saturated carbocycles. The predicted molar refractivity (Wildman–Crippen MR) is 91.2 cm³/mol. The van der Waals surface area contributed by atoms with Gasteiger partial charge in [0.1, 0.15) is 31.0 Å². The minimum Gasteiger partial charge on any atom is -0.490 e. The molecule has 0 aromatic heterocycles. The highest BCUT2D eigenvalue weighted by Gasteiger charge is 2.49. The minimum absolute atomic E-state index is 0.0448. The highest BCUT2D eigenvalue weighted by atomic mass is 16.6. The van der Waals surface area contributed by atoms with Crippen molar-refractivity contribution in [2.45, 2.75) is 39.2 Å². The Balaban J connectivity index is 1.78. The lowest BCUT2D eigenvalue weighted by atomic mass is 9.93. The fourth-order valence-corrected chi connectivity index (χ4v) is 2.74. The van der Waals surface area contributed by atoms with Crippen molar-refractivity contribution in [1.29, 1.82) is 0 Å². The number of nitrogens with zero attached hydrogens (tertiary/aromatic N) is 1. The van der Waals surface area contributed by atoms with Crippen molar-refractivity contribution in [3.05, 3.63) is 29.8 Å². The number of rotatable bonds is 8. The second kappa shape index (κ2) is 8.00. The molecule has 1 aliphatic rings. The molecule has 136 valence electrons. The van der Waals surface area contributed by atoms with E-state index in [9.17, 15) is 14.4 Å². The Kier molecular flexibility index (Phi) is 6.01. The Morgan fingerprint density at radius 2 is 1.92 bits per heavy atom. The summed E-state index contributed by atoms with van der Waals surface area (Å²) >= 11 is 0. The number of hydrogen-bond donors (Lipinski definition) is 1. The van der Waals surface area contributed by atoms with Crippen LogP contribution in [0.2, 0.25) is 0 Å². The van der Waals surface area contributed by atoms with E-state index in [4.69, 9.17) is 9.47 Å². The Morgan fingerprint density at radius 1 is 1.20 bits per heavy atom. The van der Waals surface area contributed by atoms with E-state index in [0.717, 1.165) is 10.5 Å². The van der Waals surface area contributed by atoms with Gasteiger partial charge >= 0.3 is 12.0 Å². The maximum absolute atomic E-state index is 12.4. The molecule has 1 saturated heterocycles. The summed E-state index contributed by atoms with van der Waals surface area (Å²) in [5.41, 5.74) is 0.162. The van der Waals surface area contributed by atoms with Crippen molar-refractivity contribution in [3.63, 3.8) is 0 Å². The van der Waals surface area contributed by atoms with Gasteiger partial charge in [0.05, 0.1) is 0 Å². The van der Waals surface area contributed by atoms with Gasteiger partial charge < -0.3 is 14.8 Å². The van der Waals surface area contributed by atoms with Crippen molar-refractivity contribution in [3.8, 4) is 5.75 Å². The molecular weight excluding hydrogens is 324 g/mol. The largest absolute Gasteiger partial charge is 0.490 e. The van der Waals surface area contributed by atoms with Crippen LogP contribution in [0, 0.1) is 6.92 Å². The second-order valence-electron chi connectivity index (χ2n) is 6.00. The Morgan fingerprint density at radius 3 is 2.52 bits per heavy atom. The van der Waals surface area contributed by atoms with E-state index in [1.165, 1.54) is 0 Å². The number of carbonyl (C=O) groups is 3. The van der Waals surface area contributed by atoms with Crippen LogP contribution in [0.4, 0.5) is 4.79 Å². The van der Waals surface area contributed by atoms with E-state index in [0.29, 0.717) is 18.6 Å². The van der Waals surface area contributed by atoms with Crippen LogP contribution in [-0.2, 0) is 14.3 Å². The summed E-state index contributed by atoms with van der Waals surface area (Å²) < 4.78 is 10.5. The lowest BCUT2D eigenvalue weighted by molar-refractivity contribution is -0.148. The first-order valence-corrected chi connectivity index (χ1v) is 8.41. The Labute approximate surface area is 147 Å². The van der Waals surface area contributed by atoms with Crippen LogP contribution < -0.4 is 10.1 Å². The lowest BCUT2D eigenvalue weighted by Gasteiger charge is -2.22. The first-order valence-electron chi connectivity index (χ1n) is 8.41. The van der Waals surface area contributed by atoms with E-state index in [1.807, 2.05) is 45.0 Å². The van der Waals surface area contributed by atoms with Crippen LogP contribution in [0.15, 0.2) is 24.3 Å². The molecule has 1 heterocycles. The molecule has 1 aromatic carbocycles. The number of nitrogens with one attached hydrogen (secondary N) is 1. The standard InChI is InChI=1S/C18H24N2O5/c1-4-18(5-2)16(22)20(17(23)19-18)12-15(21)25-10-9-24-14-8-6-7-13(3)11-14/h6-8,11H,4-5,9-10,12H2,1-3H3,(H,19,23). The molecule has 2 rings (SSSR count). The molecule has 0 unspecified atom stereocenters. The van der Waals surface area contributed by atoms with Gasteiger partial charge in [0.25, 0.3) is 5.91 Å². The molecule has 0 aliphatic carbocycles. The maximum Gasteiger partial charge on any atom is 0.326 e. The number of amides is 3. The summed E-state index contributed by atoms with van der Waals surface area (Å²) in [6.45, 7) is 5.46. The van der Waals surface area contributed by atoms with Crippen molar-refractivity contribution >= 4 is 17.9 Å². The zero-order chi connectivity index (χ0) is 18.4. The zero-order valence-electron chi connectivity index (χ0n) is 14.8. The van der Waals surface area contributed by atoms with Crippen LogP contribution in [0.1, 0.15) is 32.3 Å². The van der Waals surface area contributed by atoms with Gasteiger partial charge in [0.2, 0.25) is 0 Å². The van der Waals surface area contributed by atoms with Crippen molar-refractivity contribution in [1.82, 2.24) is 10.2 Å². The Hall–Kier alpha value is -2.57. The monoisotopic (exact) mass is 348 g/mol. The summed E-state index contributed by atoms with van der Waals surface area (Å²) in [5, 5.41) is 2.67. The number of benzene rings is 1. The topological polar surface area (TPSA) is 84.9 Å². The number of hydrogen-bond acceptors (Lipinski definition) is 5. The molecule has 3 amide bonds. The third kappa shape index (κ3) is 4.29. The fourth-order valence-electron chi connectivity index (χ4n) is 2.74. The molecule has 25 heavy (non-hydrogen) atoms. The highest BCUT2D eigenvalue weighted by Crippen LogP contribution is 2.24. The summed E-state index contributed by atoms with van der Waals surface area (Å²) in [6, 6.07) is 6.97. The number of carbonyl (C=O) groups excluding carboxylic acids is 3. The molecule has 0 atom stereocenters. The van der Waals surface area contributed by atoms with Gasteiger partial charge in [0, 0.05) is 0 Å². The number of aryl methyl sites for hydroxylation is 1. The second-order valence-corrected chi connectivity index (χ2v) is 6.00. The summed E-state index contributed by atoms with van der Waals surface area (Å²) in [5.74, 6) is -0.323. The first kappa shape index (κ1) is 18.8. The molecule has 1 aliphatic heterocycles. The van der Waals surface area contributed by atoms with Gasteiger partial charge in [-0.25, -0.2) is 4.79 Å². The van der Waals surface area contributed by atoms with Gasteiger partial charge in [-0.1, -0.05) is 26.0 Å². The van der Waals surface area contributed by atoms with E-state index in [1.54, 1.807) is 0 Å². The van der Waals surface area contributed by atoms with E-state index < -0.39 is 24.1 Å². The third-order valence-electron chi connectivity index (χ3n) is 4.34. The maximum atomic E-state index is 12.4. The van der Waals surface area contributed by atoms with Crippen LogP contribution in [-0.4, -0.2) is 48.1 Å². The molecule has 0 bridgehead atoms. The number of ether oxygens (including phenoxy) is 2. The SMILES string of the molecule is CCC1(CC)NC(=O)N(CC(=O)OCCOc2cccc(C)c2)C1=O. The van der Waals surface area contributed by atoms with Gasteiger partial charge in [-0.15, -0.1) is 0 Å². The Bertz CT molecular complexity index is 655. The van der Waals surface area contributed by atoms with Gasteiger partial charge in [0.15, 0.2) is 0 Å². The zero-order valence-corrected chi connectivity index (χ0v) is 14.8. The minimum atomic E-state index is -0.911. The average molecular weight is 348 g/mol. The van der Waals surface area contributed by atoms with Gasteiger partial charge in [-0.2, -0.15) is 0 Å². The van der Waals surface area contributed by atoms with E-state index in [-0.39, 0.29) is 19.1 Å². The predicted octanol–water partition coefficient (Wildman–Crippen LogP) is 2.03. The lowest BCUT2D eigenvalue weighted by Crippen LogP contribution is -2.46. The normalized spacial score (nSPS) is 15.9. The van der Waals surface area contributed by atoms with Gasteiger partial charge in [-0.3, -0.25) is 14.5 Å². The van der Waals surface area contributed by atoms with E-state index >= 15 is 0 Å². The summed E-state index contributed by atoms with van der Waals surface area (Å²) in [6.07, 6.45) is 0.952. The van der Waals surface area contributed by atoms with E-state index in [2.05, 4.69) is 5.32 Å². The number of urea groups is 1. The fraction of sp³-hybridized carbons (Fsp3) is 0.500. The van der Waals surface area contributed by atoms with Crippen LogP contribution in [0.5, 0.6) is 5.75 Å². The smallest absolute Gasteiger partial charge is 0.326 e. The average Bonchev–Trinajstić information content (AvgIpc) is 2.83. The van der Waals surface area contributed by atoms with Crippen LogP contribution in [0.25, 0.3) is 0 Å². The third-order valence-corrected chi connectivity index (χ3v) is 4.34.